The fourth-order valence-corrected chi connectivity index (χ4v) is 3.06. The zero-order valence-corrected chi connectivity index (χ0v) is 12.3. The summed E-state index contributed by atoms with van der Waals surface area (Å²) in [6.07, 6.45) is 11.1. The Labute approximate surface area is 125 Å². The Balaban J connectivity index is 1.78. The quantitative estimate of drug-likeness (QED) is 0.802. The molecule has 1 aliphatic rings. The molecule has 0 bridgehead atoms. The molecule has 3 heterocycles. The number of hydrogen-bond donors (Lipinski definition) is 1. The largest absolute Gasteiger partial charge is 0.331 e. The van der Waals surface area contributed by atoms with E-state index in [4.69, 9.17) is 0 Å². The van der Waals surface area contributed by atoms with E-state index in [1.807, 2.05) is 29.8 Å². The number of fused-ring (bicyclic) bond motifs is 1. The number of nitrogens with one attached hydrogen (secondary N) is 1. The SMILES string of the molecule is Cc1cc(Nc2ccnc3c(C4=CCC=C4)cnn23)sn1. The molecule has 3 aromatic heterocycles. The van der Waals surface area contributed by atoms with Crippen LogP contribution in [0.1, 0.15) is 17.7 Å². The predicted octanol–water partition coefficient (Wildman–Crippen LogP) is 3.58. The van der Waals surface area contributed by atoms with Crippen LogP contribution >= 0.6 is 11.5 Å². The van der Waals surface area contributed by atoms with Gasteiger partial charge in [-0.25, -0.2) is 4.98 Å². The van der Waals surface area contributed by atoms with E-state index in [2.05, 4.69) is 38.0 Å². The lowest BCUT2D eigenvalue weighted by Gasteiger charge is -2.05. The molecule has 0 aliphatic heterocycles. The highest BCUT2D eigenvalue weighted by atomic mass is 32.1. The zero-order valence-electron chi connectivity index (χ0n) is 11.4. The molecule has 0 radical (unpaired) electrons. The van der Waals surface area contributed by atoms with E-state index in [0.717, 1.165) is 34.1 Å². The third kappa shape index (κ3) is 2.13. The first-order valence-electron chi connectivity index (χ1n) is 6.71. The van der Waals surface area contributed by atoms with Crippen LogP contribution < -0.4 is 5.32 Å². The number of rotatable bonds is 3. The fourth-order valence-electron chi connectivity index (χ4n) is 2.40. The number of hydrogen-bond acceptors (Lipinski definition) is 5. The molecule has 21 heavy (non-hydrogen) atoms. The van der Waals surface area contributed by atoms with Gasteiger partial charge in [0.1, 0.15) is 10.8 Å². The van der Waals surface area contributed by atoms with E-state index in [1.165, 1.54) is 17.1 Å². The van der Waals surface area contributed by atoms with E-state index >= 15 is 0 Å². The van der Waals surface area contributed by atoms with E-state index in [1.54, 1.807) is 6.20 Å². The van der Waals surface area contributed by atoms with Crippen LogP contribution in [0.15, 0.2) is 42.8 Å². The Kier molecular flexibility index (Phi) is 2.82. The molecule has 0 spiro atoms. The van der Waals surface area contributed by atoms with Crippen LogP contribution in [-0.2, 0) is 0 Å². The van der Waals surface area contributed by atoms with Gasteiger partial charge in [0.25, 0.3) is 0 Å². The third-order valence-electron chi connectivity index (χ3n) is 3.36. The normalized spacial score (nSPS) is 13.9. The van der Waals surface area contributed by atoms with Crippen LogP contribution in [0.5, 0.6) is 0 Å². The van der Waals surface area contributed by atoms with Crippen molar-refractivity contribution < 1.29 is 0 Å². The van der Waals surface area contributed by atoms with Crippen LogP contribution in [0.4, 0.5) is 10.8 Å². The fraction of sp³-hybridized carbons (Fsp3) is 0.133. The third-order valence-corrected chi connectivity index (χ3v) is 4.16. The molecular formula is C15H13N5S. The summed E-state index contributed by atoms with van der Waals surface area (Å²) < 4.78 is 6.11. The number of anilines is 2. The summed E-state index contributed by atoms with van der Waals surface area (Å²) in [5.41, 5.74) is 4.12. The predicted molar refractivity (Wildman–Crippen MR) is 84.9 cm³/mol. The second-order valence-electron chi connectivity index (χ2n) is 4.88. The first-order valence-corrected chi connectivity index (χ1v) is 7.49. The minimum absolute atomic E-state index is 0.860. The van der Waals surface area contributed by atoms with Crippen LogP contribution in [0, 0.1) is 6.92 Å². The van der Waals surface area contributed by atoms with Crippen molar-refractivity contribution in [3.05, 3.63) is 54.0 Å². The second kappa shape index (κ2) is 4.82. The highest BCUT2D eigenvalue weighted by molar-refractivity contribution is 7.10. The summed E-state index contributed by atoms with van der Waals surface area (Å²) in [7, 11) is 0. The van der Waals surface area contributed by atoms with Gasteiger partial charge in [0, 0.05) is 11.8 Å². The Morgan fingerprint density at radius 3 is 3.10 bits per heavy atom. The second-order valence-corrected chi connectivity index (χ2v) is 5.68. The monoisotopic (exact) mass is 295 g/mol. The molecule has 0 aromatic carbocycles. The molecule has 3 aromatic rings. The topological polar surface area (TPSA) is 55.1 Å². The van der Waals surface area contributed by atoms with Crippen molar-refractivity contribution in [1.82, 2.24) is 19.0 Å². The molecule has 1 aliphatic carbocycles. The Morgan fingerprint density at radius 2 is 2.33 bits per heavy atom. The number of aryl methyl sites for hydroxylation is 1. The van der Waals surface area contributed by atoms with Gasteiger partial charge in [0.2, 0.25) is 0 Å². The minimum Gasteiger partial charge on any atom is -0.331 e. The van der Waals surface area contributed by atoms with E-state index < -0.39 is 0 Å². The van der Waals surface area contributed by atoms with Crippen LogP contribution in [0.3, 0.4) is 0 Å². The first kappa shape index (κ1) is 12.3. The molecule has 0 amide bonds. The molecule has 0 atom stereocenters. The van der Waals surface area contributed by atoms with E-state index in [0.29, 0.717) is 0 Å². The smallest absolute Gasteiger partial charge is 0.165 e. The molecule has 5 nitrogen and oxygen atoms in total. The summed E-state index contributed by atoms with van der Waals surface area (Å²) in [6.45, 7) is 1.98. The Bertz CT molecular complexity index is 871. The van der Waals surface area contributed by atoms with Gasteiger partial charge in [-0.2, -0.15) is 14.0 Å². The minimum atomic E-state index is 0.860. The van der Waals surface area contributed by atoms with E-state index in [-0.39, 0.29) is 0 Å². The van der Waals surface area contributed by atoms with Crippen molar-refractivity contribution in [3.63, 3.8) is 0 Å². The maximum atomic E-state index is 4.47. The van der Waals surface area contributed by atoms with Crippen molar-refractivity contribution in [2.75, 3.05) is 5.32 Å². The summed E-state index contributed by atoms with van der Waals surface area (Å²) >= 11 is 1.44. The van der Waals surface area contributed by atoms with Crippen molar-refractivity contribution in [2.24, 2.45) is 0 Å². The summed E-state index contributed by atoms with van der Waals surface area (Å²) in [6, 6.07) is 3.93. The molecule has 0 unspecified atom stereocenters. The first-order chi connectivity index (χ1) is 10.3. The highest BCUT2D eigenvalue weighted by Crippen LogP contribution is 2.27. The lowest BCUT2D eigenvalue weighted by molar-refractivity contribution is 0.948. The molecule has 104 valence electrons. The zero-order chi connectivity index (χ0) is 14.2. The van der Waals surface area contributed by atoms with Gasteiger partial charge in [-0.1, -0.05) is 18.2 Å². The summed E-state index contributed by atoms with van der Waals surface area (Å²) in [5.74, 6) is 0.887. The standard InChI is InChI=1S/C15H13N5S/c1-10-8-14(21-19-10)18-13-6-7-16-15-12(9-17-20(13)15)11-4-2-3-5-11/h2,4-9,18H,3H2,1H3. The lowest BCUT2D eigenvalue weighted by atomic mass is 10.1. The molecule has 1 N–H and O–H groups in total. The average molecular weight is 295 g/mol. The van der Waals surface area contributed by atoms with Gasteiger partial charge < -0.3 is 5.32 Å². The van der Waals surface area contributed by atoms with Crippen LogP contribution in [0.2, 0.25) is 0 Å². The average Bonchev–Trinajstić information content (AvgIpc) is 3.18. The van der Waals surface area contributed by atoms with Crippen molar-refractivity contribution in [1.29, 1.82) is 0 Å². The molecular weight excluding hydrogens is 282 g/mol. The maximum absolute atomic E-state index is 4.47. The summed E-state index contributed by atoms with van der Waals surface area (Å²) in [4.78, 5) is 4.47. The molecule has 0 saturated heterocycles. The molecule has 4 rings (SSSR count). The Hall–Kier alpha value is -2.47. The van der Waals surface area contributed by atoms with Gasteiger partial charge in [0.15, 0.2) is 5.65 Å². The maximum Gasteiger partial charge on any atom is 0.165 e. The Morgan fingerprint density at radius 1 is 1.38 bits per heavy atom. The van der Waals surface area contributed by atoms with Gasteiger partial charge in [-0.05, 0) is 42.6 Å². The van der Waals surface area contributed by atoms with E-state index in [9.17, 15) is 0 Å². The number of allylic oxidation sites excluding steroid dienone is 4. The van der Waals surface area contributed by atoms with Gasteiger partial charge in [-0.3, -0.25) is 0 Å². The van der Waals surface area contributed by atoms with Crippen molar-refractivity contribution in [3.8, 4) is 0 Å². The number of aromatic nitrogens is 4. The van der Waals surface area contributed by atoms with Crippen molar-refractivity contribution in [2.45, 2.75) is 13.3 Å². The van der Waals surface area contributed by atoms with Gasteiger partial charge in [-0.15, -0.1) is 0 Å². The van der Waals surface area contributed by atoms with Crippen LogP contribution in [0.25, 0.3) is 11.2 Å². The number of nitrogens with zero attached hydrogens (tertiary/aromatic N) is 4. The van der Waals surface area contributed by atoms with Gasteiger partial charge >= 0.3 is 0 Å². The molecule has 0 fully saturated rings. The summed E-state index contributed by atoms with van der Waals surface area (Å²) in [5, 5.41) is 8.82. The van der Waals surface area contributed by atoms with Crippen LogP contribution in [-0.4, -0.2) is 19.0 Å². The van der Waals surface area contributed by atoms with Gasteiger partial charge in [0.05, 0.1) is 11.9 Å². The van der Waals surface area contributed by atoms with Crippen molar-refractivity contribution >= 4 is 33.6 Å². The molecule has 6 heteroatoms. The lowest BCUT2D eigenvalue weighted by Crippen LogP contribution is -1.99. The molecule has 0 saturated carbocycles. The highest BCUT2D eigenvalue weighted by Gasteiger charge is 2.12.